The number of rotatable bonds is 3. The zero-order valence-electron chi connectivity index (χ0n) is 15.4. The first-order chi connectivity index (χ1) is 12.5. The summed E-state index contributed by atoms with van der Waals surface area (Å²) in [6.07, 6.45) is 3.87. The van der Waals surface area contributed by atoms with E-state index in [2.05, 4.69) is 14.6 Å². The Balaban J connectivity index is 1.52. The van der Waals surface area contributed by atoms with Crippen molar-refractivity contribution in [2.75, 3.05) is 13.1 Å². The molecule has 0 saturated carbocycles. The van der Waals surface area contributed by atoms with E-state index in [0.717, 1.165) is 61.7 Å². The molecule has 4 heterocycles. The zero-order valence-corrected chi connectivity index (χ0v) is 15.4. The van der Waals surface area contributed by atoms with E-state index in [4.69, 9.17) is 0 Å². The summed E-state index contributed by atoms with van der Waals surface area (Å²) in [5, 5.41) is 4.40. The van der Waals surface area contributed by atoms with E-state index in [0.29, 0.717) is 6.54 Å². The molecule has 0 N–H and O–H groups in total. The Labute approximate surface area is 152 Å². The molecule has 0 spiro atoms. The predicted octanol–water partition coefficient (Wildman–Crippen LogP) is 1.41. The molecule has 1 saturated heterocycles. The number of nitrogens with zero attached hydrogens (tertiary/aromatic N) is 5. The maximum Gasteiger partial charge on any atom is 0.273 e. The molecule has 7 heteroatoms. The first kappa shape index (κ1) is 17.0. The van der Waals surface area contributed by atoms with Crippen molar-refractivity contribution in [1.29, 1.82) is 0 Å². The number of aromatic nitrogens is 4. The van der Waals surface area contributed by atoms with Crippen molar-refractivity contribution in [1.82, 2.24) is 24.2 Å². The summed E-state index contributed by atoms with van der Waals surface area (Å²) in [7, 11) is 0. The van der Waals surface area contributed by atoms with E-state index < -0.39 is 0 Å². The Bertz CT molecular complexity index is 898. The monoisotopic (exact) mass is 355 g/mol. The fourth-order valence-corrected chi connectivity index (χ4v) is 4.26. The number of fused-ring (bicyclic) bond motifs is 1. The number of likely N-dealkylation sites (tertiary alicyclic amines) is 1. The molecule has 1 atom stereocenters. The Kier molecular flexibility index (Phi) is 4.38. The SMILES string of the molecule is Cc1cc(C)n(CC(=O)N2CCCC(c3cc(=O)nc4n3CCC4)C2)n1. The molecule has 0 radical (unpaired) electrons. The average Bonchev–Trinajstić information content (AvgIpc) is 3.20. The minimum atomic E-state index is -0.153. The smallest absolute Gasteiger partial charge is 0.273 e. The normalized spacial score (nSPS) is 19.6. The van der Waals surface area contributed by atoms with Gasteiger partial charge in [0.05, 0.1) is 5.69 Å². The number of hydrogen-bond acceptors (Lipinski definition) is 4. The van der Waals surface area contributed by atoms with E-state index in [1.54, 1.807) is 10.7 Å². The van der Waals surface area contributed by atoms with E-state index in [1.807, 2.05) is 24.8 Å². The van der Waals surface area contributed by atoms with Crippen LogP contribution < -0.4 is 5.56 Å². The molecule has 2 aromatic heterocycles. The maximum atomic E-state index is 12.8. The van der Waals surface area contributed by atoms with Gasteiger partial charge in [-0.1, -0.05) is 0 Å². The fourth-order valence-electron chi connectivity index (χ4n) is 4.26. The van der Waals surface area contributed by atoms with Crippen LogP contribution in [0.2, 0.25) is 0 Å². The molecule has 26 heavy (non-hydrogen) atoms. The summed E-state index contributed by atoms with van der Waals surface area (Å²) in [6, 6.07) is 3.66. The lowest BCUT2D eigenvalue weighted by molar-refractivity contribution is -0.133. The van der Waals surface area contributed by atoms with Gasteiger partial charge in [0.2, 0.25) is 5.91 Å². The van der Waals surface area contributed by atoms with Crippen LogP contribution in [0, 0.1) is 13.8 Å². The van der Waals surface area contributed by atoms with E-state index in [-0.39, 0.29) is 23.9 Å². The van der Waals surface area contributed by atoms with Crippen LogP contribution in [0.1, 0.15) is 48.1 Å². The highest BCUT2D eigenvalue weighted by atomic mass is 16.2. The molecular weight excluding hydrogens is 330 g/mol. The Morgan fingerprint density at radius 1 is 1.23 bits per heavy atom. The van der Waals surface area contributed by atoms with Crippen LogP contribution in [0.4, 0.5) is 0 Å². The number of amides is 1. The molecule has 138 valence electrons. The van der Waals surface area contributed by atoms with Crippen molar-refractivity contribution in [3.05, 3.63) is 45.4 Å². The van der Waals surface area contributed by atoms with E-state index in [1.165, 1.54) is 0 Å². The van der Waals surface area contributed by atoms with Crippen molar-refractivity contribution in [3.63, 3.8) is 0 Å². The van der Waals surface area contributed by atoms with Gasteiger partial charge in [-0.05, 0) is 39.2 Å². The van der Waals surface area contributed by atoms with Gasteiger partial charge >= 0.3 is 0 Å². The van der Waals surface area contributed by atoms with Gasteiger partial charge in [0.25, 0.3) is 5.56 Å². The van der Waals surface area contributed by atoms with Crippen LogP contribution in [0.15, 0.2) is 16.9 Å². The summed E-state index contributed by atoms with van der Waals surface area (Å²) >= 11 is 0. The second-order valence-corrected chi connectivity index (χ2v) is 7.45. The Morgan fingerprint density at radius 2 is 2.08 bits per heavy atom. The second-order valence-electron chi connectivity index (χ2n) is 7.45. The molecule has 0 bridgehead atoms. The third kappa shape index (κ3) is 3.18. The minimum absolute atomic E-state index is 0.0962. The zero-order chi connectivity index (χ0) is 18.3. The van der Waals surface area contributed by atoms with E-state index >= 15 is 0 Å². The maximum absolute atomic E-state index is 12.8. The van der Waals surface area contributed by atoms with Gasteiger partial charge in [-0.25, -0.2) is 0 Å². The van der Waals surface area contributed by atoms with E-state index in [9.17, 15) is 9.59 Å². The number of carbonyl (C=O) groups is 1. The van der Waals surface area contributed by atoms with Gasteiger partial charge < -0.3 is 9.47 Å². The van der Waals surface area contributed by atoms with Crippen LogP contribution in [0.5, 0.6) is 0 Å². The van der Waals surface area contributed by atoms with Crippen molar-refractivity contribution < 1.29 is 4.79 Å². The minimum Gasteiger partial charge on any atom is -0.340 e. The summed E-state index contributed by atoms with van der Waals surface area (Å²) in [6.45, 7) is 6.55. The molecule has 4 rings (SSSR count). The fraction of sp³-hybridized carbons (Fsp3) is 0.579. The lowest BCUT2D eigenvalue weighted by Gasteiger charge is -2.34. The Morgan fingerprint density at radius 3 is 2.85 bits per heavy atom. The average molecular weight is 355 g/mol. The first-order valence-corrected chi connectivity index (χ1v) is 9.41. The third-order valence-electron chi connectivity index (χ3n) is 5.50. The second kappa shape index (κ2) is 6.70. The molecular formula is C19H25N5O2. The molecule has 2 aliphatic rings. The van der Waals surface area contributed by atoms with Gasteiger partial charge in [-0.15, -0.1) is 0 Å². The standard InChI is InChI=1S/C19H25N5O2/c1-13-9-14(2)24(21-13)12-19(26)22-7-3-5-15(11-22)16-10-18(25)20-17-6-4-8-23(16)17/h9-10,15H,3-8,11-12H2,1-2H3. The van der Waals surface area contributed by atoms with Crippen LogP contribution >= 0.6 is 0 Å². The van der Waals surface area contributed by atoms with Crippen LogP contribution in [-0.4, -0.2) is 43.2 Å². The van der Waals surface area contributed by atoms with Crippen LogP contribution in [0.3, 0.4) is 0 Å². The molecule has 2 aliphatic heterocycles. The number of hydrogen-bond donors (Lipinski definition) is 0. The molecule has 0 aliphatic carbocycles. The van der Waals surface area contributed by atoms with Crippen molar-refractivity contribution in [2.45, 2.75) is 58.5 Å². The molecule has 7 nitrogen and oxygen atoms in total. The van der Waals surface area contributed by atoms with Gasteiger partial charge in [0.1, 0.15) is 12.4 Å². The van der Waals surface area contributed by atoms with Gasteiger partial charge in [-0.2, -0.15) is 10.1 Å². The first-order valence-electron chi connectivity index (χ1n) is 9.41. The quantitative estimate of drug-likeness (QED) is 0.834. The van der Waals surface area contributed by atoms with Gasteiger partial charge in [-0.3, -0.25) is 14.3 Å². The van der Waals surface area contributed by atoms with Crippen molar-refractivity contribution >= 4 is 5.91 Å². The lowest BCUT2D eigenvalue weighted by Crippen LogP contribution is -2.42. The molecule has 0 aromatic carbocycles. The topological polar surface area (TPSA) is 73.0 Å². The van der Waals surface area contributed by atoms with Gasteiger partial charge in [0, 0.05) is 49.4 Å². The van der Waals surface area contributed by atoms with Gasteiger partial charge in [0.15, 0.2) is 0 Å². The molecule has 1 amide bonds. The predicted molar refractivity (Wildman–Crippen MR) is 97.1 cm³/mol. The third-order valence-corrected chi connectivity index (χ3v) is 5.50. The largest absolute Gasteiger partial charge is 0.340 e. The summed E-state index contributed by atoms with van der Waals surface area (Å²) in [4.78, 5) is 30.8. The number of piperidine rings is 1. The molecule has 1 fully saturated rings. The molecule has 2 aromatic rings. The highest BCUT2D eigenvalue weighted by Gasteiger charge is 2.28. The van der Waals surface area contributed by atoms with Crippen molar-refractivity contribution in [3.8, 4) is 0 Å². The van der Waals surface area contributed by atoms with Crippen LogP contribution in [0.25, 0.3) is 0 Å². The highest BCUT2D eigenvalue weighted by Crippen LogP contribution is 2.28. The summed E-state index contributed by atoms with van der Waals surface area (Å²) < 4.78 is 3.97. The Hall–Kier alpha value is -2.44. The lowest BCUT2D eigenvalue weighted by atomic mass is 9.94. The summed E-state index contributed by atoms with van der Waals surface area (Å²) in [5.74, 6) is 1.21. The highest BCUT2D eigenvalue weighted by molar-refractivity contribution is 5.76. The summed E-state index contributed by atoms with van der Waals surface area (Å²) in [5.41, 5.74) is 2.84. The number of aryl methyl sites for hydroxylation is 3. The van der Waals surface area contributed by atoms with Crippen LogP contribution in [-0.2, 0) is 24.3 Å². The van der Waals surface area contributed by atoms with Crippen molar-refractivity contribution in [2.24, 2.45) is 0 Å². The number of carbonyl (C=O) groups excluding carboxylic acids is 1. The molecule has 1 unspecified atom stereocenters.